The van der Waals surface area contributed by atoms with E-state index in [-0.39, 0.29) is 5.82 Å². The van der Waals surface area contributed by atoms with Crippen molar-refractivity contribution in [2.24, 2.45) is 0 Å². The molecule has 0 aliphatic heterocycles. The lowest BCUT2D eigenvalue weighted by Crippen LogP contribution is -2.04. The zero-order valence-corrected chi connectivity index (χ0v) is 16.1. The first kappa shape index (κ1) is 18.9. The van der Waals surface area contributed by atoms with Gasteiger partial charge in [0.15, 0.2) is 11.5 Å². The lowest BCUT2D eigenvalue weighted by molar-refractivity contribution is 0.199. The van der Waals surface area contributed by atoms with Crippen LogP contribution in [-0.2, 0) is 17.7 Å². The van der Waals surface area contributed by atoms with Crippen molar-refractivity contribution in [1.82, 2.24) is 20.1 Å². The van der Waals surface area contributed by atoms with Crippen LogP contribution in [0.5, 0.6) is 0 Å². The highest BCUT2D eigenvalue weighted by atomic mass is 19.1. The summed E-state index contributed by atoms with van der Waals surface area (Å²) in [5, 5.41) is 8.26. The summed E-state index contributed by atoms with van der Waals surface area (Å²) in [6.45, 7) is 2.92. The maximum atomic E-state index is 13.2. The molecule has 0 bridgehead atoms. The molecule has 8 heteroatoms. The summed E-state index contributed by atoms with van der Waals surface area (Å²) >= 11 is 0. The minimum Gasteiger partial charge on any atom is -0.384 e. The Kier molecular flexibility index (Phi) is 5.44. The largest absolute Gasteiger partial charge is 0.384 e. The summed E-state index contributed by atoms with van der Waals surface area (Å²) in [7, 11) is 1.63. The summed E-state index contributed by atoms with van der Waals surface area (Å²) in [6, 6.07) is 10.2. The van der Waals surface area contributed by atoms with E-state index in [0.29, 0.717) is 42.5 Å². The van der Waals surface area contributed by atoms with Crippen LogP contribution in [0.1, 0.15) is 17.1 Å². The van der Waals surface area contributed by atoms with Gasteiger partial charge in [-0.05, 0) is 36.8 Å². The van der Waals surface area contributed by atoms with Gasteiger partial charge < -0.3 is 14.6 Å². The van der Waals surface area contributed by atoms with Crippen molar-refractivity contribution >= 4 is 16.7 Å². The Morgan fingerprint density at radius 2 is 1.93 bits per heavy atom. The molecule has 7 nitrogen and oxygen atoms in total. The van der Waals surface area contributed by atoms with E-state index in [4.69, 9.17) is 9.26 Å². The van der Waals surface area contributed by atoms with Crippen molar-refractivity contribution < 1.29 is 13.7 Å². The van der Waals surface area contributed by atoms with Gasteiger partial charge in [-0.25, -0.2) is 14.4 Å². The maximum absolute atomic E-state index is 13.2. The molecule has 0 fully saturated rings. The van der Waals surface area contributed by atoms with Gasteiger partial charge in [-0.1, -0.05) is 17.3 Å². The lowest BCUT2D eigenvalue weighted by atomic mass is 10.1. The second-order valence-electron chi connectivity index (χ2n) is 6.61. The molecular formula is C21H20FN5O2. The molecule has 0 amide bonds. The number of ether oxygens (including phenoxy) is 1. The van der Waals surface area contributed by atoms with E-state index < -0.39 is 0 Å². The van der Waals surface area contributed by atoms with Gasteiger partial charge in [-0.2, -0.15) is 4.98 Å². The Morgan fingerprint density at radius 1 is 1.10 bits per heavy atom. The minimum absolute atomic E-state index is 0.266. The lowest BCUT2D eigenvalue weighted by Gasteiger charge is -2.13. The molecule has 0 spiro atoms. The van der Waals surface area contributed by atoms with Crippen molar-refractivity contribution in [3.05, 3.63) is 65.5 Å². The second kappa shape index (κ2) is 8.32. The van der Waals surface area contributed by atoms with Gasteiger partial charge in [0.1, 0.15) is 5.82 Å². The fraction of sp³-hybridized carbons (Fsp3) is 0.238. The number of hydrogen-bond acceptors (Lipinski definition) is 7. The number of halogens is 1. The Bertz CT molecular complexity index is 1130. The van der Waals surface area contributed by atoms with Crippen molar-refractivity contribution in [2.75, 3.05) is 19.0 Å². The number of methoxy groups -OCH3 is 1. The monoisotopic (exact) mass is 393 g/mol. The molecule has 148 valence electrons. The van der Waals surface area contributed by atoms with Crippen LogP contribution in [0, 0.1) is 12.7 Å². The number of aryl methyl sites for hydroxylation is 1. The van der Waals surface area contributed by atoms with Crippen LogP contribution in [-0.4, -0.2) is 33.8 Å². The van der Waals surface area contributed by atoms with Crippen molar-refractivity contribution in [1.29, 1.82) is 0 Å². The third-order valence-electron chi connectivity index (χ3n) is 4.48. The topological polar surface area (TPSA) is 86.0 Å². The second-order valence-corrected chi connectivity index (χ2v) is 6.61. The number of fused-ring (bicyclic) bond motifs is 1. The normalized spacial score (nSPS) is 11.1. The number of rotatable bonds is 7. The summed E-state index contributed by atoms with van der Waals surface area (Å²) in [6.07, 6.45) is 2.23. The van der Waals surface area contributed by atoms with Crippen LogP contribution < -0.4 is 5.32 Å². The van der Waals surface area contributed by atoms with E-state index >= 15 is 0 Å². The van der Waals surface area contributed by atoms with Gasteiger partial charge in [-0.15, -0.1) is 0 Å². The summed E-state index contributed by atoms with van der Waals surface area (Å²) in [4.78, 5) is 13.4. The minimum atomic E-state index is -0.266. The zero-order chi connectivity index (χ0) is 20.2. The van der Waals surface area contributed by atoms with Crippen LogP contribution in [0.4, 0.5) is 10.1 Å². The molecule has 3 aromatic heterocycles. The average Bonchev–Trinajstić information content (AvgIpc) is 3.20. The fourth-order valence-electron chi connectivity index (χ4n) is 2.98. The molecule has 1 aromatic carbocycles. The van der Waals surface area contributed by atoms with Crippen LogP contribution in [0.3, 0.4) is 0 Å². The highest BCUT2D eigenvalue weighted by molar-refractivity contribution is 5.96. The number of anilines is 1. The first-order valence-corrected chi connectivity index (χ1v) is 9.20. The van der Waals surface area contributed by atoms with Crippen molar-refractivity contribution in [2.45, 2.75) is 19.9 Å². The molecule has 0 unspecified atom stereocenters. The molecule has 1 N–H and O–H groups in total. The molecule has 0 saturated heterocycles. The SMILES string of the molecule is COCCc1noc(-c2cnc3nc(C)ccc3c2NCc2ccc(F)cc2)n1. The van der Waals surface area contributed by atoms with Gasteiger partial charge in [-0.3, -0.25) is 0 Å². The molecule has 0 atom stereocenters. The fourth-order valence-corrected chi connectivity index (χ4v) is 2.98. The third kappa shape index (κ3) is 4.22. The first-order valence-electron chi connectivity index (χ1n) is 9.20. The van der Waals surface area contributed by atoms with E-state index in [0.717, 1.165) is 22.3 Å². The Balaban J connectivity index is 1.72. The van der Waals surface area contributed by atoms with Crippen LogP contribution in [0.15, 0.2) is 47.1 Å². The highest BCUT2D eigenvalue weighted by Crippen LogP contribution is 2.32. The highest BCUT2D eigenvalue weighted by Gasteiger charge is 2.17. The quantitative estimate of drug-likeness (QED) is 0.509. The van der Waals surface area contributed by atoms with Gasteiger partial charge >= 0.3 is 0 Å². The number of nitrogens with zero attached hydrogens (tertiary/aromatic N) is 4. The molecule has 0 aliphatic carbocycles. The average molecular weight is 393 g/mol. The Labute approximate surface area is 167 Å². The van der Waals surface area contributed by atoms with E-state index in [2.05, 4.69) is 25.4 Å². The molecule has 29 heavy (non-hydrogen) atoms. The van der Waals surface area contributed by atoms with Crippen molar-refractivity contribution in [3.63, 3.8) is 0 Å². The zero-order valence-electron chi connectivity index (χ0n) is 16.1. The van der Waals surface area contributed by atoms with Crippen LogP contribution >= 0.6 is 0 Å². The summed E-state index contributed by atoms with van der Waals surface area (Å²) < 4.78 is 23.7. The molecule has 4 aromatic rings. The molecular weight excluding hydrogens is 373 g/mol. The molecule has 3 heterocycles. The standard InChI is InChI=1S/C21H20FN5O2/c1-13-3-8-16-19(23-11-14-4-6-15(22)7-5-14)17(12-24-20(16)25-13)21-26-18(27-29-21)9-10-28-2/h3-8,12H,9-11H2,1-2H3,(H,23,24,25). The predicted octanol–water partition coefficient (Wildman–Crippen LogP) is 3.93. The van der Waals surface area contributed by atoms with E-state index in [9.17, 15) is 4.39 Å². The molecule has 4 rings (SSSR count). The van der Waals surface area contributed by atoms with Gasteiger partial charge in [0.05, 0.1) is 17.9 Å². The number of hydrogen-bond donors (Lipinski definition) is 1. The molecule has 0 aliphatic rings. The summed E-state index contributed by atoms with van der Waals surface area (Å²) in [5.41, 5.74) is 3.90. The van der Waals surface area contributed by atoms with Gasteiger partial charge in [0.25, 0.3) is 5.89 Å². The predicted molar refractivity (Wildman–Crippen MR) is 107 cm³/mol. The maximum Gasteiger partial charge on any atom is 0.261 e. The van der Waals surface area contributed by atoms with Gasteiger partial charge in [0, 0.05) is 37.4 Å². The van der Waals surface area contributed by atoms with Crippen molar-refractivity contribution in [3.8, 4) is 11.5 Å². The van der Waals surface area contributed by atoms with Gasteiger partial charge in [0.2, 0.25) is 0 Å². The number of pyridine rings is 2. The first-order chi connectivity index (χ1) is 14.1. The number of benzene rings is 1. The smallest absolute Gasteiger partial charge is 0.261 e. The number of nitrogens with one attached hydrogen (secondary N) is 1. The van der Waals surface area contributed by atoms with E-state index in [1.54, 1.807) is 25.4 Å². The Hall–Kier alpha value is -3.39. The van der Waals surface area contributed by atoms with Crippen LogP contribution in [0.2, 0.25) is 0 Å². The number of aromatic nitrogens is 4. The third-order valence-corrected chi connectivity index (χ3v) is 4.48. The van der Waals surface area contributed by atoms with E-state index in [1.165, 1.54) is 12.1 Å². The summed E-state index contributed by atoms with van der Waals surface area (Å²) in [5.74, 6) is 0.666. The molecule has 0 saturated carbocycles. The molecule has 0 radical (unpaired) electrons. The van der Waals surface area contributed by atoms with E-state index in [1.807, 2.05) is 19.1 Å². The van der Waals surface area contributed by atoms with Crippen LogP contribution in [0.25, 0.3) is 22.5 Å². The Morgan fingerprint density at radius 3 is 2.72 bits per heavy atom.